The van der Waals surface area contributed by atoms with Crippen molar-refractivity contribution in [1.82, 2.24) is 19.8 Å². The number of ether oxygens (including phenoxy) is 2. The van der Waals surface area contributed by atoms with Crippen molar-refractivity contribution in [2.45, 2.75) is 37.5 Å². The summed E-state index contributed by atoms with van der Waals surface area (Å²) in [6.07, 6.45) is 0.937. The maximum atomic E-state index is 13.8. The predicted molar refractivity (Wildman–Crippen MR) is 174 cm³/mol. The van der Waals surface area contributed by atoms with Gasteiger partial charge < -0.3 is 24.4 Å². The lowest BCUT2D eigenvalue weighted by atomic mass is 9.91. The Hall–Kier alpha value is -5.30. The van der Waals surface area contributed by atoms with Gasteiger partial charge in [0.2, 0.25) is 17.4 Å². The van der Waals surface area contributed by atoms with Crippen molar-refractivity contribution >= 4 is 17.6 Å². The highest BCUT2D eigenvalue weighted by Crippen LogP contribution is 2.54. The molecule has 1 N–H and O–H groups in total. The van der Waals surface area contributed by atoms with Crippen LogP contribution < -0.4 is 9.47 Å². The molecule has 0 saturated carbocycles. The SMILES string of the molecule is O=C1CCCN1CCOc1cnc2c(c1)C(O)(C(F)(F)F)c1ccccc1-2.O=C1c2ccccc2-c2ncc(OCCN3CCCC3=O)cc21. The summed E-state index contributed by atoms with van der Waals surface area (Å²) in [4.78, 5) is 47.5. The first-order valence-electron chi connectivity index (χ1n) is 16.4. The Morgan fingerprint density at radius 2 is 1.24 bits per heavy atom. The van der Waals surface area contributed by atoms with E-state index in [9.17, 15) is 32.7 Å². The molecule has 2 amide bonds. The highest BCUT2D eigenvalue weighted by atomic mass is 19.4. The number of rotatable bonds is 8. The molecule has 13 heteroatoms. The molecule has 1 atom stereocenters. The van der Waals surface area contributed by atoms with Gasteiger partial charge >= 0.3 is 6.18 Å². The van der Waals surface area contributed by atoms with Crippen LogP contribution in [0.5, 0.6) is 11.5 Å². The molecule has 2 aromatic heterocycles. The summed E-state index contributed by atoms with van der Waals surface area (Å²) in [6, 6.07) is 16.2. The van der Waals surface area contributed by atoms with E-state index in [0.29, 0.717) is 61.7 Å². The van der Waals surface area contributed by atoms with Gasteiger partial charge in [0.05, 0.1) is 42.4 Å². The number of hydrogen-bond donors (Lipinski definition) is 1. The van der Waals surface area contributed by atoms with Gasteiger partial charge in [0, 0.05) is 53.7 Å². The van der Waals surface area contributed by atoms with Gasteiger partial charge in [0.25, 0.3) is 0 Å². The van der Waals surface area contributed by atoms with Crippen molar-refractivity contribution in [3.8, 4) is 34.0 Å². The van der Waals surface area contributed by atoms with E-state index in [1.54, 1.807) is 23.2 Å². The van der Waals surface area contributed by atoms with Crippen molar-refractivity contribution in [1.29, 1.82) is 0 Å². The average Bonchev–Trinajstić information content (AvgIpc) is 3.86. The third-order valence-corrected chi connectivity index (χ3v) is 9.37. The minimum atomic E-state index is -4.91. The number of benzene rings is 2. The van der Waals surface area contributed by atoms with Crippen LogP contribution in [0.2, 0.25) is 0 Å². The van der Waals surface area contributed by atoms with Gasteiger partial charge in [-0.25, -0.2) is 0 Å². The van der Waals surface area contributed by atoms with E-state index in [4.69, 9.17) is 9.47 Å². The Morgan fingerprint density at radius 3 is 1.82 bits per heavy atom. The molecule has 8 rings (SSSR count). The van der Waals surface area contributed by atoms with E-state index in [1.165, 1.54) is 30.5 Å². The van der Waals surface area contributed by atoms with Gasteiger partial charge in [-0.2, -0.15) is 13.2 Å². The average molecular weight is 687 g/mol. The van der Waals surface area contributed by atoms with Crippen molar-refractivity contribution < 1.29 is 42.1 Å². The second-order valence-electron chi connectivity index (χ2n) is 12.4. The number of likely N-dealkylation sites (tertiary alicyclic amines) is 2. The molecule has 2 saturated heterocycles. The fourth-order valence-electron chi connectivity index (χ4n) is 6.84. The molecule has 2 aliphatic carbocycles. The van der Waals surface area contributed by atoms with Crippen LogP contribution in [0.25, 0.3) is 22.5 Å². The lowest BCUT2D eigenvalue weighted by Crippen LogP contribution is -2.41. The molecule has 10 nitrogen and oxygen atoms in total. The molecule has 0 bridgehead atoms. The summed E-state index contributed by atoms with van der Waals surface area (Å²) in [5, 5.41) is 10.6. The Labute approximate surface area is 285 Å². The van der Waals surface area contributed by atoms with Crippen LogP contribution in [-0.2, 0) is 15.2 Å². The van der Waals surface area contributed by atoms with Gasteiger partial charge in [0.1, 0.15) is 24.7 Å². The molecule has 1 unspecified atom stereocenters. The molecule has 4 aromatic rings. The molecular formula is C37H33F3N4O6. The molecule has 258 valence electrons. The zero-order chi connectivity index (χ0) is 35.0. The van der Waals surface area contributed by atoms with Crippen LogP contribution in [0.4, 0.5) is 13.2 Å². The summed E-state index contributed by atoms with van der Waals surface area (Å²) >= 11 is 0. The minimum Gasteiger partial charge on any atom is -0.490 e. The van der Waals surface area contributed by atoms with E-state index in [0.717, 1.165) is 24.9 Å². The Balaban J connectivity index is 0.000000159. The quantitative estimate of drug-likeness (QED) is 0.238. The second kappa shape index (κ2) is 13.2. The molecule has 2 fully saturated rings. The van der Waals surface area contributed by atoms with Crippen LogP contribution in [0.15, 0.2) is 73.1 Å². The number of aliphatic hydroxyl groups is 1. The lowest BCUT2D eigenvalue weighted by Gasteiger charge is -2.28. The van der Waals surface area contributed by atoms with E-state index < -0.39 is 11.8 Å². The van der Waals surface area contributed by atoms with Gasteiger partial charge in [-0.3, -0.25) is 24.4 Å². The number of aromatic nitrogens is 2. The van der Waals surface area contributed by atoms with Crippen LogP contribution in [0.3, 0.4) is 0 Å². The summed E-state index contributed by atoms with van der Waals surface area (Å²) in [6.45, 7) is 2.95. The maximum Gasteiger partial charge on any atom is 0.425 e. The number of ketones is 1. The van der Waals surface area contributed by atoms with Crippen LogP contribution in [0, 0.1) is 0 Å². The van der Waals surface area contributed by atoms with Gasteiger partial charge in [-0.1, -0.05) is 48.5 Å². The zero-order valence-corrected chi connectivity index (χ0v) is 26.9. The Kier molecular flexibility index (Phi) is 8.77. The number of fused-ring (bicyclic) bond motifs is 6. The highest BCUT2D eigenvalue weighted by Gasteiger charge is 2.61. The van der Waals surface area contributed by atoms with Gasteiger partial charge in [-0.15, -0.1) is 0 Å². The first-order valence-corrected chi connectivity index (χ1v) is 16.4. The number of nitrogens with zero attached hydrogens (tertiary/aromatic N) is 4. The third-order valence-electron chi connectivity index (χ3n) is 9.37. The van der Waals surface area contributed by atoms with Gasteiger partial charge in [0.15, 0.2) is 5.78 Å². The van der Waals surface area contributed by atoms with Crippen molar-refractivity contribution in [3.05, 3.63) is 95.3 Å². The summed E-state index contributed by atoms with van der Waals surface area (Å²) < 4.78 is 52.5. The molecule has 0 spiro atoms. The molecular weight excluding hydrogens is 653 g/mol. The highest BCUT2D eigenvalue weighted by molar-refractivity contribution is 6.21. The maximum absolute atomic E-state index is 13.8. The number of carbonyl (C=O) groups excluding carboxylic acids is 3. The standard InChI is InChI=1S/C19H17F3N2O3.C18H16N2O3/c20-19(21,22)18(26)14-5-2-1-4-13(14)17-15(18)10-12(11-23-17)27-9-8-24-7-3-6-16(24)25;21-16-6-3-7-20(16)8-9-23-12-10-15-17(19-11-12)13-4-1-2-5-14(13)18(15)22/h1-2,4-5,10-11,26H,3,6-9H2;1-2,4-5,10-11H,3,6-9H2. The molecule has 4 aliphatic rings. The molecule has 4 heterocycles. The Morgan fingerprint density at radius 1 is 0.700 bits per heavy atom. The van der Waals surface area contributed by atoms with Crippen LogP contribution in [0.1, 0.15) is 52.7 Å². The molecule has 50 heavy (non-hydrogen) atoms. The largest absolute Gasteiger partial charge is 0.490 e. The second-order valence-corrected chi connectivity index (χ2v) is 12.4. The van der Waals surface area contributed by atoms with Crippen molar-refractivity contribution in [2.75, 3.05) is 39.4 Å². The number of alkyl halides is 3. The van der Waals surface area contributed by atoms with Crippen molar-refractivity contribution in [3.63, 3.8) is 0 Å². The first kappa shape index (κ1) is 33.2. The summed E-state index contributed by atoms with van der Waals surface area (Å²) in [7, 11) is 0. The van der Waals surface area contributed by atoms with Gasteiger partial charge in [-0.05, 0) is 25.0 Å². The number of carbonyl (C=O) groups is 3. The number of pyridine rings is 2. The number of halogens is 3. The topological polar surface area (TPSA) is 122 Å². The van der Waals surface area contributed by atoms with E-state index >= 15 is 0 Å². The van der Waals surface area contributed by atoms with Crippen LogP contribution in [-0.4, -0.2) is 88.0 Å². The summed E-state index contributed by atoms with van der Waals surface area (Å²) in [5.74, 6) is 0.912. The molecule has 2 aliphatic heterocycles. The minimum absolute atomic E-state index is 0.0109. The monoisotopic (exact) mass is 686 g/mol. The predicted octanol–water partition coefficient (Wildman–Crippen LogP) is 5.16. The normalized spacial score (nSPS) is 18.8. The smallest absolute Gasteiger partial charge is 0.425 e. The zero-order valence-electron chi connectivity index (χ0n) is 26.9. The first-order chi connectivity index (χ1) is 24.1. The fourth-order valence-corrected chi connectivity index (χ4v) is 6.84. The molecule has 0 radical (unpaired) electrons. The van der Waals surface area contributed by atoms with Crippen LogP contribution >= 0.6 is 0 Å². The van der Waals surface area contributed by atoms with E-state index in [2.05, 4.69) is 9.97 Å². The van der Waals surface area contributed by atoms with Crippen molar-refractivity contribution in [2.24, 2.45) is 0 Å². The number of hydrogen-bond acceptors (Lipinski definition) is 8. The van der Waals surface area contributed by atoms with E-state index in [-0.39, 0.29) is 52.3 Å². The fraction of sp³-hybridized carbons (Fsp3) is 0.324. The molecule has 2 aromatic carbocycles. The summed E-state index contributed by atoms with van der Waals surface area (Å²) in [5.41, 5.74) is -0.499. The Bertz CT molecular complexity index is 1990. The van der Waals surface area contributed by atoms with E-state index in [1.807, 2.05) is 29.2 Å². The number of amides is 2. The third kappa shape index (κ3) is 5.95. The lowest BCUT2D eigenvalue weighted by molar-refractivity contribution is -0.246.